The molecule has 0 bridgehead atoms. The van der Waals surface area contributed by atoms with Crippen LogP contribution in [0.2, 0.25) is 0 Å². The van der Waals surface area contributed by atoms with Crippen molar-refractivity contribution in [2.75, 3.05) is 26.2 Å². The first kappa shape index (κ1) is 17.8. The van der Waals surface area contributed by atoms with Crippen molar-refractivity contribution in [3.05, 3.63) is 66.0 Å². The summed E-state index contributed by atoms with van der Waals surface area (Å²) in [7, 11) is 0. The molecule has 1 aliphatic heterocycles. The number of nitrogens with one attached hydrogen (secondary N) is 1. The minimum Gasteiger partial charge on any atom is -0.336 e. The third-order valence-corrected chi connectivity index (χ3v) is 4.82. The predicted octanol–water partition coefficient (Wildman–Crippen LogP) is 1.70. The van der Waals surface area contributed by atoms with E-state index in [1.807, 2.05) is 41.3 Å². The standard InChI is InChI=1S/C20H19N7O/c21-11-18-5-4-17(12-22-18)15-2-1-3-16(10-15)20(28)27-8-6-26(7-9-27)13-19-23-14-24-25-19/h1-5,10,12,14H,6-9,13H2,(H,23,24,25). The van der Waals surface area contributed by atoms with E-state index in [1.165, 1.54) is 6.33 Å². The molecule has 3 aromatic rings. The number of hydrogen-bond acceptors (Lipinski definition) is 6. The van der Waals surface area contributed by atoms with Gasteiger partial charge in [-0.25, -0.2) is 9.97 Å². The van der Waals surface area contributed by atoms with Gasteiger partial charge in [-0.05, 0) is 29.8 Å². The van der Waals surface area contributed by atoms with E-state index in [9.17, 15) is 4.79 Å². The van der Waals surface area contributed by atoms with Crippen molar-refractivity contribution in [2.24, 2.45) is 0 Å². The van der Waals surface area contributed by atoms with Gasteiger partial charge in [0, 0.05) is 43.5 Å². The number of hydrogen-bond donors (Lipinski definition) is 1. The monoisotopic (exact) mass is 373 g/mol. The smallest absolute Gasteiger partial charge is 0.253 e. The highest BCUT2D eigenvalue weighted by Gasteiger charge is 2.22. The summed E-state index contributed by atoms with van der Waals surface area (Å²) in [6.07, 6.45) is 3.16. The molecule has 1 saturated heterocycles. The molecule has 0 radical (unpaired) electrons. The fraction of sp³-hybridized carbons (Fsp3) is 0.250. The van der Waals surface area contributed by atoms with Gasteiger partial charge in [0.25, 0.3) is 5.91 Å². The zero-order valence-electron chi connectivity index (χ0n) is 15.2. The maximum absolute atomic E-state index is 12.9. The predicted molar refractivity (Wildman–Crippen MR) is 102 cm³/mol. The fourth-order valence-corrected chi connectivity index (χ4v) is 3.27. The van der Waals surface area contributed by atoms with Crippen LogP contribution in [0, 0.1) is 11.3 Å². The average Bonchev–Trinajstić information content (AvgIpc) is 3.27. The van der Waals surface area contributed by atoms with Crippen LogP contribution in [0.1, 0.15) is 21.9 Å². The third-order valence-electron chi connectivity index (χ3n) is 4.82. The Morgan fingerprint density at radius 1 is 1.11 bits per heavy atom. The van der Waals surface area contributed by atoms with E-state index in [1.54, 1.807) is 12.3 Å². The fourth-order valence-electron chi connectivity index (χ4n) is 3.27. The van der Waals surface area contributed by atoms with Crippen LogP contribution >= 0.6 is 0 Å². The molecule has 3 heterocycles. The maximum atomic E-state index is 12.9. The molecule has 1 amide bonds. The van der Waals surface area contributed by atoms with Gasteiger partial charge in [0.15, 0.2) is 0 Å². The van der Waals surface area contributed by atoms with E-state index in [-0.39, 0.29) is 5.91 Å². The number of aromatic amines is 1. The van der Waals surface area contributed by atoms with Crippen LogP contribution in [-0.4, -0.2) is 62.1 Å². The number of rotatable bonds is 4. The van der Waals surface area contributed by atoms with Gasteiger partial charge in [-0.15, -0.1) is 0 Å². The highest BCUT2D eigenvalue weighted by Crippen LogP contribution is 2.21. The molecular formula is C20H19N7O. The van der Waals surface area contributed by atoms with Crippen LogP contribution in [0.25, 0.3) is 11.1 Å². The Bertz CT molecular complexity index is 984. The van der Waals surface area contributed by atoms with Crippen molar-refractivity contribution in [3.8, 4) is 17.2 Å². The second-order valence-corrected chi connectivity index (χ2v) is 6.63. The highest BCUT2D eigenvalue weighted by atomic mass is 16.2. The lowest BCUT2D eigenvalue weighted by Crippen LogP contribution is -2.48. The average molecular weight is 373 g/mol. The van der Waals surface area contributed by atoms with Gasteiger partial charge in [0.2, 0.25) is 0 Å². The molecule has 1 fully saturated rings. The van der Waals surface area contributed by atoms with Crippen molar-refractivity contribution in [3.63, 3.8) is 0 Å². The summed E-state index contributed by atoms with van der Waals surface area (Å²) >= 11 is 0. The molecule has 0 saturated carbocycles. The normalized spacial score (nSPS) is 14.6. The number of benzene rings is 1. The van der Waals surface area contributed by atoms with Crippen molar-refractivity contribution in [1.82, 2.24) is 30.0 Å². The minimum atomic E-state index is 0.0303. The molecule has 8 heteroatoms. The van der Waals surface area contributed by atoms with Crippen LogP contribution in [-0.2, 0) is 6.54 Å². The van der Waals surface area contributed by atoms with E-state index < -0.39 is 0 Å². The number of nitrogens with zero attached hydrogens (tertiary/aromatic N) is 6. The van der Waals surface area contributed by atoms with Gasteiger partial charge >= 0.3 is 0 Å². The summed E-state index contributed by atoms with van der Waals surface area (Å²) in [5.74, 6) is 0.867. The SMILES string of the molecule is N#Cc1ccc(-c2cccc(C(=O)N3CCN(Cc4ncn[nH]4)CC3)c2)cn1. The molecule has 8 nitrogen and oxygen atoms in total. The summed E-state index contributed by atoms with van der Waals surface area (Å²) in [5.41, 5.74) is 2.82. The Morgan fingerprint density at radius 2 is 1.96 bits per heavy atom. The Labute approximate surface area is 162 Å². The molecule has 1 aromatic carbocycles. The topological polar surface area (TPSA) is 102 Å². The minimum absolute atomic E-state index is 0.0303. The van der Waals surface area contributed by atoms with Crippen molar-refractivity contribution < 1.29 is 4.79 Å². The second kappa shape index (κ2) is 7.98. The molecule has 0 unspecified atom stereocenters. The molecule has 1 N–H and O–H groups in total. The van der Waals surface area contributed by atoms with Gasteiger partial charge in [0.05, 0.1) is 6.54 Å². The Kier molecular flexibility index (Phi) is 5.08. The first-order chi connectivity index (χ1) is 13.7. The van der Waals surface area contributed by atoms with E-state index in [0.29, 0.717) is 30.9 Å². The molecule has 4 rings (SSSR count). The molecule has 0 spiro atoms. The molecule has 0 aliphatic carbocycles. The summed E-state index contributed by atoms with van der Waals surface area (Å²) in [4.78, 5) is 25.3. The molecule has 140 valence electrons. The molecular weight excluding hydrogens is 354 g/mol. The van der Waals surface area contributed by atoms with Gasteiger partial charge in [-0.3, -0.25) is 14.8 Å². The van der Waals surface area contributed by atoms with Crippen LogP contribution in [0.4, 0.5) is 0 Å². The number of H-pyrrole nitrogens is 1. The van der Waals surface area contributed by atoms with Gasteiger partial charge in [0.1, 0.15) is 23.9 Å². The van der Waals surface area contributed by atoms with Crippen LogP contribution < -0.4 is 0 Å². The number of carbonyl (C=O) groups is 1. The maximum Gasteiger partial charge on any atom is 0.253 e. The number of piperazine rings is 1. The first-order valence-corrected chi connectivity index (χ1v) is 9.05. The highest BCUT2D eigenvalue weighted by molar-refractivity contribution is 5.95. The number of amides is 1. The molecule has 1 aliphatic rings. The number of aromatic nitrogens is 4. The third kappa shape index (κ3) is 3.89. The number of pyridine rings is 1. The van der Waals surface area contributed by atoms with E-state index in [2.05, 4.69) is 25.1 Å². The van der Waals surface area contributed by atoms with Gasteiger partial charge in [-0.2, -0.15) is 10.4 Å². The summed E-state index contributed by atoms with van der Waals surface area (Å²) in [5, 5.41) is 15.6. The zero-order chi connectivity index (χ0) is 19.3. The summed E-state index contributed by atoms with van der Waals surface area (Å²) in [6.45, 7) is 3.66. The lowest BCUT2D eigenvalue weighted by Gasteiger charge is -2.34. The first-order valence-electron chi connectivity index (χ1n) is 9.05. The summed E-state index contributed by atoms with van der Waals surface area (Å²) in [6, 6.07) is 13.1. The lowest BCUT2D eigenvalue weighted by atomic mass is 10.0. The van der Waals surface area contributed by atoms with E-state index >= 15 is 0 Å². The van der Waals surface area contributed by atoms with Crippen molar-refractivity contribution in [1.29, 1.82) is 5.26 Å². The number of carbonyl (C=O) groups excluding carboxylic acids is 1. The van der Waals surface area contributed by atoms with Crippen LogP contribution in [0.3, 0.4) is 0 Å². The second-order valence-electron chi connectivity index (χ2n) is 6.63. The molecule has 28 heavy (non-hydrogen) atoms. The Balaban J connectivity index is 1.41. The Morgan fingerprint density at radius 3 is 2.64 bits per heavy atom. The zero-order valence-corrected chi connectivity index (χ0v) is 15.2. The van der Waals surface area contributed by atoms with Crippen LogP contribution in [0.5, 0.6) is 0 Å². The summed E-state index contributed by atoms with van der Waals surface area (Å²) < 4.78 is 0. The van der Waals surface area contributed by atoms with Crippen molar-refractivity contribution in [2.45, 2.75) is 6.54 Å². The number of nitriles is 1. The van der Waals surface area contributed by atoms with Crippen molar-refractivity contribution >= 4 is 5.91 Å². The van der Waals surface area contributed by atoms with E-state index in [0.717, 1.165) is 30.0 Å². The lowest BCUT2D eigenvalue weighted by molar-refractivity contribution is 0.0625. The quantitative estimate of drug-likeness (QED) is 0.747. The van der Waals surface area contributed by atoms with Gasteiger partial charge < -0.3 is 4.90 Å². The largest absolute Gasteiger partial charge is 0.336 e. The van der Waals surface area contributed by atoms with Gasteiger partial charge in [-0.1, -0.05) is 12.1 Å². The molecule has 0 atom stereocenters. The molecule has 2 aromatic heterocycles. The Hall–Kier alpha value is -3.57. The van der Waals surface area contributed by atoms with Crippen LogP contribution in [0.15, 0.2) is 48.9 Å². The van der Waals surface area contributed by atoms with E-state index in [4.69, 9.17) is 5.26 Å².